The topological polar surface area (TPSA) is 93.8 Å². The Labute approximate surface area is 136 Å². The number of amides is 1. The van der Waals surface area contributed by atoms with Gasteiger partial charge >= 0.3 is 0 Å². The lowest BCUT2D eigenvalue weighted by atomic mass is 10.1. The molecule has 1 unspecified atom stereocenters. The van der Waals surface area contributed by atoms with E-state index in [1.165, 1.54) is 0 Å². The summed E-state index contributed by atoms with van der Waals surface area (Å²) >= 11 is 0. The molecular formula is C17H23N5O. The van der Waals surface area contributed by atoms with Gasteiger partial charge < -0.3 is 11.1 Å². The monoisotopic (exact) mass is 313 g/mol. The van der Waals surface area contributed by atoms with Gasteiger partial charge in [0.25, 0.3) is 5.91 Å². The van der Waals surface area contributed by atoms with Crippen LogP contribution >= 0.6 is 0 Å². The van der Waals surface area contributed by atoms with Crippen molar-refractivity contribution in [2.75, 3.05) is 5.73 Å². The first kappa shape index (κ1) is 16.9. The first-order valence-corrected chi connectivity index (χ1v) is 7.72. The highest BCUT2D eigenvalue weighted by Gasteiger charge is 2.15. The number of carbonyl (C=O) groups excluding carboxylic acids is 1. The molecule has 0 radical (unpaired) electrons. The fraction of sp³-hybridized carbons (Fsp3) is 0.412. The Morgan fingerprint density at radius 2 is 2.04 bits per heavy atom. The molecule has 6 heteroatoms. The van der Waals surface area contributed by atoms with E-state index in [0.717, 1.165) is 17.0 Å². The third-order valence-corrected chi connectivity index (χ3v) is 3.58. The van der Waals surface area contributed by atoms with Crippen molar-refractivity contribution in [2.24, 2.45) is 0 Å². The number of aromatic nitrogens is 3. The van der Waals surface area contributed by atoms with Gasteiger partial charge in [-0.3, -0.25) is 9.78 Å². The van der Waals surface area contributed by atoms with Crippen molar-refractivity contribution < 1.29 is 4.79 Å². The maximum atomic E-state index is 12.4. The zero-order valence-electron chi connectivity index (χ0n) is 14.0. The van der Waals surface area contributed by atoms with Crippen molar-refractivity contribution in [1.82, 2.24) is 20.3 Å². The van der Waals surface area contributed by atoms with Crippen LogP contribution in [0.4, 0.5) is 5.95 Å². The molecule has 2 rings (SSSR count). The Balaban J connectivity index is 2.08. The zero-order valence-corrected chi connectivity index (χ0v) is 14.0. The predicted octanol–water partition coefficient (Wildman–Crippen LogP) is 2.25. The number of hydrogen-bond acceptors (Lipinski definition) is 5. The highest BCUT2D eigenvalue weighted by Crippen LogP contribution is 2.14. The summed E-state index contributed by atoms with van der Waals surface area (Å²) in [5.74, 6) is 0.0529. The lowest BCUT2D eigenvalue weighted by molar-refractivity contribution is 0.0934. The third kappa shape index (κ3) is 4.48. The van der Waals surface area contributed by atoms with Crippen LogP contribution in [-0.2, 0) is 6.42 Å². The largest absolute Gasteiger partial charge is 0.368 e. The number of anilines is 1. The molecule has 2 aromatic heterocycles. The van der Waals surface area contributed by atoms with Gasteiger partial charge in [-0.05, 0) is 37.5 Å². The normalized spacial score (nSPS) is 12.2. The SMILES string of the molecule is Cc1cccnc1CC(C)NC(=O)c1cc(C(C)C)nc(N)n1. The molecule has 0 aliphatic heterocycles. The first-order valence-electron chi connectivity index (χ1n) is 7.72. The van der Waals surface area contributed by atoms with Crippen LogP contribution in [0.25, 0.3) is 0 Å². The van der Waals surface area contributed by atoms with Crippen molar-refractivity contribution in [3.05, 3.63) is 47.0 Å². The Kier molecular flexibility index (Phi) is 5.26. The number of nitrogens with zero attached hydrogens (tertiary/aromatic N) is 3. The smallest absolute Gasteiger partial charge is 0.270 e. The molecule has 0 saturated heterocycles. The summed E-state index contributed by atoms with van der Waals surface area (Å²) in [5, 5.41) is 2.94. The van der Waals surface area contributed by atoms with E-state index in [2.05, 4.69) is 20.3 Å². The summed E-state index contributed by atoms with van der Waals surface area (Å²) in [4.78, 5) is 24.9. The number of rotatable bonds is 5. The van der Waals surface area contributed by atoms with Crippen molar-refractivity contribution in [1.29, 1.82) is 0 Å². The minimum atomic E-state index is -0.248. The molecule has 6 nitrogen and oxygen atoms in total. The summed E-state index contributed by atoms with van der Waals surface area (Å²) < 4.78 is 0. The highest BCUT2D eigenvalue weighted by molar-refractivity contribution is 5.92. The van der Waals surface area contributed by atoms with Gasteiger partial charge in [0.2, 0.25) is 5.95 Å². The quantitative estimate of drug-likeness (QED) is 0.883. The first-order chi connectivity index (χ1) is 10.9. The van der Waals surface area contributed by atoms with Crippen molar-refractivity contribution >= 4 is 11.9 Å². The molecule has 0 saturated carbocycles. The van der Waals surface area contributed by atoms with Gasteiger partial charge in [-0.1, -0.05) is 19.9 Å². The molecule has 1 atom stereocenters. The summed E-state index contributed by atoms with van der Waals surface area (Å²) in [6.45, 7) is 7.95. The average molecular weight is 313 g/mol. The van der Waals surface area contributed by atoms with Crippen LogP contribution in [0.2, 0.25) is 0 Å². The Morgan fingerprint density at radius 3 is 2.70 bits per heavy atom. The molecule has 2 aromatic rings. The van der Waals surface area contributed by atoms with Gasteiger partial charge in [0, 0.05) is 30.0 Å². The molecule has 1 amide bonds. The number of nitrogens with two attached hydrogens (primary N) is 1. The summed E-state index contributed by atoms with van der Waals surface area (Å²) in [6, 6.07) is 5.54. The molecule has 122 valence electrons. The van der Waals surface area contributed by atoms with Crippen LogP contribution in [0.3, 0.4) is 0 Å². The summed E-state index contributed by atoms with van der Waals surface area (Å²) in [7, 11) is 0. The number of nitrogen functional groups attached to an aromatic ring is 1. The van der Waals surface area contributed by atoms with Gasteiger partial charge in [-0.25, -0.2) is 9.97 Å². The molecule has 0 spiro atoms. The zero-order chi connectivity index (χ0) is 17.0. The number of nitrogens with one attached hydrogen (secondary N) is 1. The molecule has 0 aliphatic carbocycles. The molecule has 0 aliphatic rings. The van der Waals surface area contributed by atoms with E-state index in [1.54, 1.807) is 12.3 Å². The van der Waals surface area contributed by atoms with E-state index in [-0.39, 0.29) is 23.8 Å². The maximum Gasteiger partial charge on any atom is 0.270 e. The van der Waals surface area contributed by atoms with Gasteiger partial charge in [0.1, 0.15) is 5.69 Å². The molecular weight excluding hydrogens is 290 g/mol. The van der Waals surface area contributed by atoms with Gasteiger partial charge in [0.15, 0.2) is 0 Å². The number of pyridine rings is 1. The second kappa shape index (κ2) is 7.17. The Morgan fingerprint density at radius 1 is 1.30 bits per heavy atom. The van der Waals surface area contributed by atoms with Crippen LogP contribution in [0.5, 0.6) is 0 Å². The lowest BCUT2D eigenvalue weighted by Crippen LogP contribution is -2.35. The molecule has 0 fully saturated rings. The standard InChI is InChI=1S/C17H23N5O/c1-10(2)13-9-15(22-17(18)21-13)16(23)20-12(4)8-14-11(3)6-5-7-19-14/h5-7,9-10,12H,8H2,1-4H3,(H,20,23)(H2,18,21,22). The maximum absolute atomic E-state index is 12.4. The van der Waals surface area contributed by atoms with Gasteiger partial charge in [-0.2, -0.15) is 0 Å². The molecule has 3 N–H and O–H groups in total. The fourth-order valence-corrected chi connectivity index (χ4v) is 2.27. The van der Waals surface area contributed by atoms with Crippen LogP contribution in [0, 0.1) is 6.92 Å². The third-order valence-electron chi connectivity index (χ3n) is 3.58. The van der Waals surface area contributed by atoms with E-state index in [4.69, 9.17) is 5.73 Å². The molecule has 0 bridgehead atoms. The molecule has 0 aromatic carbocycles. The molecule has 23 heavy (non-hydrogen) atoms. The fourth-order valence-electron chi connectivity index (χ4n) is 2.27. The van der Waals surface area contributed by atoms with Crippen LogP contribution in [-0.4, -0.2) is 26.9 Å². The average Bonchev–Trinajstić information content (AvgIpc) is 2.48. The summed E-state index contributed by atoms with van der Waals surface area (Å²) in [6.07, 6.45) is 2.42. The van der Waals surface area contributed by atoms with Crippen molar-refractivity contribution in [3.63, 3.8) is 0 Å². The number of aryl methyl sites for hydroxylation is 1. The highest BCUT2D eigenvalue weighted by atomic mass is 16.1. The van der Waals surface area contributed by atoms with Gasteiger partial charge in [-0.15, -0.1) is 0 Å². The number of carbonyl (C=O) groups is 1. The second-order valence-corrected chi connectivity index (χ2v) is 6.04. The van der Waals surface area contributed by atoms with E-state index in [9.17, 15) is 4.79 Å². The van der Waals surface area contributed by atoms with E-state index < -0.39 is 0 Å². The van der Waals surface area contributed by atoms with E-state index in [0.29, 0.717) is 12.1 Å². The number of hydrogen-bond donors (Lipinski definition) is 2. The lowest BCUT2D eigenvalue weighted by Gasteiger charge is -2.15. The van der Waals surface area contributed by atoms with Crippen LogP contribution in [0.1, 0.15) is 54.1 Å². The van der Waals surface area contributed by atoms with E-state index >= 15 is 0 Å². The van der Waals surface area contributed by atoms with Gasteiger partial charge in [0.05, 0.1) is 0 Å². The van der Waals surface area contributed by atoms with Crippen LogP contribution < -0.4 is 11.1 Å². The Hall–Kier alpha value is -2.50. The van der Waals surface area contributed by atoms with E-state index in [1.807, 2.05) is 39.8 Å². The van der Waals surface area contributed by atoms with Crippen molar-refractivity contribution in [3.8, 4) is 0 Å². The minimum absolute atomic E-state index is 0.0604. The predicted molar refractivity (Wildman–Crippen MR) is 90.1 cm³/mol. The minimum Gasteiger partial charge on any atom is -0.368 e. The summed E-state index contributed by atoms with van der Waals surface area (Å²) in [5.41, 5.74) is 8.84. The second-order valence-electron chi connectivity index (χ2n) is 6.04. The van der Waals surface area contributed by atoms with Crippen molar-refractivity contribution in [2.45, 2.75) is 46.1 Å². The molecule has 2 heterocycles. The van der Waals surface area contributed by atoms with Crippen LogP contribution in [0.15, 0.2) is 24.4 Å². The Bertz CT molecular complexity index is 699.